The van der Waals surface area contributed by atoms with Crippen LogP contribution in [0.2, 0.25) is 0 Å². The lowest BCUT2D eigenvalue weighted by Gasteiger charge is -2.16. The van der Waals surface area contributed by atoms with E-state index in [1.165, 1.54) is 25.1 Å². The monoisotopic (exact) mass is 340 g/mol. The topological polar surface area (TPSA) is 55.1 Å². The Morgan fingerprint density at radius 2 is 1.79 bits per heavy atom. The number of aromatic nitrogens is 2. The van der Waals surface area contributed by atoms with Crippen molar-refractivity contribution in [2.75, 3.05) is 0 Å². The Balaban J connectivity index is 2.70. The van der Waals surface area contributed by atoms with E-state index in [0.29, 0.717) is 6.42 Å². The highest BCUT2D eigenvalue weighted by Crippen LogP contribution is 2.35. The van der Waals surface area contributed by atoms with E-state index in [-0.39, 0.29) is 28.1 Å². The predicted molar refractivity (Wildman–Crippen MR) is 83.4 cm³/mol. The van der Waals surface area contributed by atoms with Gasteiger partial charge in [0.2, 0.25) is 0 Å². The minimum Gasteiger partial charge on any atom is -0.478 e. The summed E-state index contributed by atoms with van der Waals surface area (Å²) >= 11 is 0. The fourth-order valence-corrected chi connectivity index (χ4v) is 2.60. The Hall–Kier alpha value is -2.31. The fraction of sp³-hybridized carbons (Fsp3) is 0.412. The molecular formula is C17H19F3N2O2. The zero-order valence-electron chi connectivity index (χ0n) is 13.9. The Morgan fingerprint density at radius 1 is 1.21 bits per heavy atom. The summed E-state index contributed by atoms with van der Waals surface area (Å²) in [5, 5.41) is 13.7. The van der Waals surface area contributed by atoms with Crippen molar-refractivity contribution >= 4 is 5.97 Å². The van der Waals surface area contributed by atoms with Gasteiger partial charge in [0.25, 0.3) is 0 Å². The van der Waals surface area contributed by atoms with Gasteiger partial charge in [-0.05, 0) is 30.9 Å². The molecular weight excluding hydrogens is 321 g/mol. The number of nitrogens with zero attached hydrogens (tertiary/aromatic N) is 2. The molecule has 24 heavy (non-hydrogen) atoms. The molecule has 0 bridgehead atoms. The number of hydrogen-bond donors (Lipinski definition) is 1. The highest BCUT2D eigenvalue weighted by Gasteiger charge is 2.35. The zero-order chi connectivity index (χ0) is 18.3. The maximum absolute atomic E-state index is 13.2. The number of carboxylic acids is 1. The standard InChI is InChI=1S/C17H19F3N2O2/c1-10-14(15(23)24)12(9-16(2,3)4)21-22(10)13-8-6-5-7-11(13)17(18,19)20/h5-8H,9H2,1-4H3,(H,23,24). The molecule has 1 N–H and O–H groups in total. The molecule has 130 valence electrons. The molecule has 0 fully saturated rings. The Kier molecular flexibility index (Phi) is 4.48. The second kappa shape index (κ2) is 5.96. The molecule has 0 atom stereocenters. The van der Waals surface area contributed by atoms with Crippen LogP contribution in [0.15, 0.2) is 24.3 Å². The number of hydrogen-bond acceptors (Lipinski definition) is 2. The molecule has 0 aliphatic heterocycles. The summed E-state index contributed by atoms with van der Waals surface area (Å²) in [5.74, 6) is -1.19. The molecule has 2 aromatic rings. The molecule has 0 aliphatic rings. The van der Waals surface area contributed by atoms with Crippen molar-refractivity contribution in [2.24, 2.45) is 5.41 Å². The van der Waals surface area contributed by atoms with Crippen molar-refractivity contribution < 1.29 is 23.1 Å². The number of alkyl halides is 3. The SMILES string of the molecule is Cc1c(C(=O)O)c(CC(C)(C)C)nn1-c1ccccc1C(F)(F)F. The van der Waals surface area contributed by atoms with Crippen molar-refractivity contribution in [3.8, 4) is 5.69 Å². The van der Waals surface area contributed by atoms with E-state index in [9.17, 15) is 23.1 Å². The molecule has 0 aliphatic carbocycles. The third-order valence-electron chi connectivity index (χ3n) is 3.54. The Morgan fingerprint density at radius 3 is 2.29 bits per heavy atom. The van der Waals surface area contributed by atoms with Gasteiger partial charge in [0.05, 0.1) is 22.6 Å². The van der Waals surface area contributed by atoms with Gasteiger partial charge in [0, 0.05) is 0 Å². The van der Waals surface area contributed by atoms with Crippen molar-refractivity contribution in [3.63, 3.8) is 0 Å². The van der Waals surface area contributed by atoms with Gasteiger partial charge < -0.3 is 5.11 Å². The van der Waals surface area contributed by atoms with Crippen molar-refractivity contribution in [1.82, 2.24) is 9.78 Å². The molecule has 0 unspecified atom stereocenters. The average Bonchev–Trinajstić information content (AvgIpc) is 2.72. The first-order chi connectivity index (χ1) is 10.9. The van der Waals surface area contributed by atoms with Gasteiger partial charge in [-0.15, -0.1) is 0 Å². The molecule has 4 nitrogen and oxygen atoms in total. The van der Waals surface area contributed by atoms with Crippen molar-refractivity contribution in [3.05, 3.63) is 46.8 Å². The summed E-state index contributed by atoms with van der Waals surface area (Å²) in [6.45, 7) is 7.21. The first-order valence-electron chi connectivity index (χ1n) is 7.40. The second-order valence-corrected chi connectivity index (χ2v) is 6.88. The predicted octanol–water partition coefficient (Wildman–Crippen LogP) is 4.49. The molecule has 0 amide bonds. The first-order valence-corrected chi connectivity index (χ1v) is 7.40. The molecule has 2 rings (SSSR count). The van der Waals surface area contributed by atoms with Crippen LogP contribution in [0, 0.1) is 12.3 Å². The van der Waals surface area contributed by atoms with Gasteiger partial charge in [-0.2, -0.15) is 18.3 Å². The quantitative estimate of drug-likeness (QED) is 0.896. The summed E-state index contributed by atoms with van der Waals surface area (Å²) in [4.78, 5) is 11.6. The van der Waals surface area contributed by atoms with Crippen LogP contribution in [0.5, 0.6) is 0 Å². The van der Waals surface area contributed by atoms with Crippen LogP contribution in [0.4, 0.5) is 13.2 Å². The van der Waals surface area contributed by atoms with Crippen LogP contribution >= 0.6 is 0 Å². The third-order valence-corrected chi connectivity index (χ3v) is 3.54. The number of benzene rings is 1. The summed E-state index contributed by atoms with van der Waals surface area (Å²) in [7, 11) is 0. The van der Waals surface area contributed by atoms with Gasteiger partial charge >= 0.3 is 12.1 Å². The summed E-state index contributed by atoms with van der Waals surface area (Å²) in [5.41, 5.74) is -0.857. The van der Waals surface area contributed by atoms with E-state index >= 15 is 0 Å². The lowest BCUT2D eigenvalue weighted by Crippen LogP contribution is -2.13. The third kappa shape index (κ3) is 3.60. The van der Waals surface area contributed by atoms with Crippen LogP contribution in [0.25, 0.3) is 5.69 Å². The van der Waals surface area contributed by atoms with Gasteiger partial charge in [-0.1, -0.05) is 32.9 Å². The molecule has 0 spiro atoms. The van der Waals surface area contributed by atoms with Crippen molar-refractivity contribution in [1.29, 1.82) is 0 Å². The Labute approximate surface area is 137 Å². The zero-order valence-corrected chi connectivity index (χ0v) is 13.9. The molecule has 0 radical (unpaired) electrons. The number of carbonyl (C=O) groups is 1. The van der Waals surface area contributed by atoms with E-state index in [4.69, 9.17) is 0 Å². The van der Waals surface area contributed by atoms with Gasteiger partial charge in [0.1, 0.15) is 5.56 Å². The van der Waals surface area contributed by atoms with E-state index < -0.39 is 17.7 Å². The first kappa shape index (κ1) is 18.0. The minimum atomic E-state index is -4.55. The average molecular weight is 340 g/mol. The van der Waals surface area contributed by atoms with Crippen LogP contribution in [-0.2, 0) is 12.6 Å². The maximum atomic E-state index is 13.2. The van der Waals surface area contributed by atoms with E-state index in [1.54, 1.807) is 0 Å². The van der Waals surface area contributed by atoms with Gasteiger partial charge in [-0.25, -0.2) is 9.48 Å². The molecule has 1 heterocycles. The smallest absolute Gasteiger partial charge is 0.418 e. The summed E-state index contributed by atoms with van der Waals surface area (Å²) in [6, 6.07) is 5.00. The number of aromatic carboxylic acids is 1. The highest BCUT2D eigenvalue weighted by atomic mass is 19.4. The van der Waals surface area contributed by atoms with Crippen molar-refractivity contribution in [2.45, 2.75) is 40.3 Å². The van der Waals surface area contributed by atoms with Gasteiger partial charge in [0.15, 0.2) is 0 Å². The molecule has 0 saturated heterocycles. The van der Waals surface area contributed by atoms with Crippen LogP contribution < -0.4 is 0 Å². The minimum absolute atomic E-state index is 0.0399. The highest BCUT2D eigenvalue weighted by molar-refractivity contribution is 5.90. The van der Waals surface area contributed by atoms with Crippen LogP contribution in [-0.4, -0.2) is 20.9 Å². The number of para-hydroxylation sites is 1. The lowest BCUT2D eigenvalue weighted by molar-refractivity contribution is -0.137. The van der Waals surface area contributed by atoms with Crippen LogP contribution in [0.3, 0.4) is 0 Å². The number of halogens is 3. The summed E-state index contributed by atoms with van der Waals surface area (Å²) in [6.07, 6.45) is -4.21. The molecule has 7 heteroatoms. The molecule has 1 aromatic carbocycles. The summed E-state index contributed by atoms with van der Waals surface area (Å²) < 4.78 is 40.8. The number of carboxylic acid groups (broad SMARTS) is 1. The van der Waals surface area contributed by atoms with Gasteiger partial charge in [-0.3, -0.25) is 0 Å². The van der Waals surface area contributed by atoms with E-state index in [2.05, 4.69) is 5.10 Å². The van der Waals surface area contributed by atoms with Crippen LogP contribution in [0.1, 0.15) is 48.1 Å². The Bertz CT molecular complexity index is 771. The lowest BCUT2D eigenvalue weighted by atomic mass is 9.89. The van der Waals surface area contributed by atoms with E-state index in [0.717, 1.165) is 10.7 Å². The normalized spacial score (nSPS) is 12.5. The largest absolute Gasteiger partial charge is 0.478 e. The fourth-order valence-electron chi connectivity index (χ4n) is 2.60. The second-order valence-electron chi connectivity index (χ2n) is 6.88. The van der Waals surface area contributed by atoms with E-state index in [1.807, 2.05) is 20.8 Å². The number of rotatable bonds is 3. The molecule has 0 saturated carbocycles. The molecule has 1 aromatic heterocycles. The maximum Gasteiger partial charge on any atom is 0.418 e.